The minimum Gasteiger partial charge on any atom is -0.493 e. The minimum atomic E-state index is -0.628. The number of benzene rings is 1. The van der Waals surface area contributed by atoms with Crippen LogP contribution in [0.25, 0.3) is 0 Å². The SMILES string of the molecule is CCOc1cc([C@@H]2CC(=O)N(CC(=O)Nc3cc(C)ns3)C2)ccc1C(C)O. The molecule has 3 rings (SSSR count). The van der Waals surface area contributed by atoms with Gasteiger partial charge in [0.2, 0.25) is 11.8 Å². The third kappa shape index (κ3) is 4.69. The highest BCUT2D eigenvalue weighted by Gasteiger charge is 2.32. The molecule has 1 aromatic heterocycles. The van der Waals surface area contributed by atoms with Gasteiger partial charge in [-0.1, -0.05) is 12.1 Å². The second-order valence-electron chi connectivity index (χ2n) is 6.96. The summed E-state index contributed by atoms with van der Waals surface area (Å²) in [5.74, 6) is 0.364. The van der Waals surface area contributed by atoms with Crippen molar-refractivity contribution in [2.24, 2.45) is 0 Å². The van der Waals surface area contributed by atoms with Gasteiger partial charge in [0.25, 0.3) is 0 Å². The van der Waals surface area contributed by atoms with Gasteiger partial charge in [-0.3, -0.25) is 9.59 Å². The first-order valence-electron chi connectivity index (χ1n) is 9.33. The first-order chi connectivity index (χ1) is 13.4. The molecule has 1 aromatic carbocycles. The van der Waals surface area contributed by atoms with E-state index in [1.807, 2.05) is 32.0 Å². The Bertz CT molecular complexity index is 865. The number of amides is 2. The molecule has 1 aliphatic rings. The number of aliphatic hydroxyl groups is 1. The molecule has 2 heterocycles. The molecule has 8 heteroatoms. The van der Waals surface area contributed by atoms with Gasteiger partial charge in [0.1, 0.15) is 10.8 Å². The highest BCUT2D eigenvalue weighted by Crippen LogP contribution is 2.34. The van der Waals surface area contributed by atoms with Crippen LogP contribution in [0.15, 0.2) is 24.3 Å². The highest BCUT2D eigenvalue weighted by molar-refractivity contribution is 7.10. The second kappa shape index (κ2) is 8.70. The molecule has 1 saturated heterocycles. The fraction of sp³-hybridized carbons (Fsp3) is 0.450. The van der Waals surface area contributed by atoms with Crippen LogP contribution in [-0.4, -0.2) is 45.9 Å². The van der Waals surface area contributed by atoms with Crippen LogP contribution >= 0.6 is 11.5 Å². The van der Waals surface area contributed by atoms with Crippen molar-refractivity contribution in [2.45, 2.75) is 39.2 Å². The predicted molar refractivity (Wildman–Crippen MR) is 108 cm³/mol. The maximum atomic E-state index is 12.4. The van der Waals surface area contributed by atoms with Crippen LogP contribution in [0, 0.1) is 6.92 Å². The average molecular weight is 404 g/mol. The topological polar surface area (TPSA) is 91.8 Å². The van der Waals surface area contributed by atoms with Gasteiger partial charge in [-0.25, -0.2) is 0 Å². The summed E-state index contributed by atoms with van der Waals surface area (Å²) < 4.78 is 9.79. The lowest BCUT2D eigenvalue weighted by Gasteiger charge is -2.18. The monoisotopic (exact) mass is 403 g/mol. The molecular weight excluding hydrogens is 378 g/mol. The summed E-state index contributed by atoms with van der Waals surface area (Å²) in [6, 6.07) is 7.46. The van der Waals surface area contributed by atoms with Crippen LogP contribution < -0.4 is 10.1 Å². The molecule has 0 aliphatic carbocycles. The van der Waals surface area contributed by atoms with Crippen LogP contribution in [0.1, 0.15) is 49.1 Å². The number of anilines is 1. The summed E-state index contributed by atoms with van der Waals surface area (Å²) in [6.45, 7) is 6.45. The van der Waals surface area contributed by atoms with Gasteiger partial charge < -0.3 is 20.1 Å². The Labute approximate surface area is 168 Å². The molecule has 0 radical (unpaired) electrons. The number of hydrogen-bond acceptors (Lipinski definition) is 6. The molecular formula is C20H25N3O4S. The smallest absolute Gasteiger partial charge is 0.244 e. The number of likely N-dealkylation sites (tertiary alicyclic amines) is 1. The summed E-state index contributed by atoms with van der Waals surface area (Å²) in [7, 11) is 0. The number of hydrogen-bond donors (Lipinski definition) is 2. The number of nitrogens with zero attached hydrogens (tertiary/aromatic N) is 2. The first kappa shape index (κ1) is 20.3. The van der Waals surface area contributed by atoms with Crippen molar-refractivity contribution < 1.29 is 19.4 Å². The maximum Gasteiger partial charge on any atom is 0.244 e. The Kier molecular flexibility index (Phi) is 6.31. The van der Waals surface area contributed by atoms with Gasteiger partial charge in [-0.15, -0.1) is 0 Å². The normalized spacial score (nSPS) is 17.6. The predicted octanol–water partition coefficient (Wildman–Crippen LogP) is 2.86. The number of rotatable bonds is 7. The first-order valence-corrected chi connectivity index (χ1v) is 10.1. The summed E-state index contributed by atoms with van der Waals surface area (Å²) in [5, 5.41) is 13.4. The highest BCUT2D eigenvalue weighted by atomic mass is 32.1. The van der Waals surface area contributed by atoms with Gasteiger partial charge in [0, 0.05) is 24.4 Å². The zero-order chi connectivity index (χ0) is 20.3. The third-order valence-electron chi connectivity index (χ3n) is 4.70. The number of ether oxygens (including phenoxy) is 1. The van der Waals surface area contributed by atoms with Gasteiger partial charge in [-0.2, -0.15) is 4.37 Å². The minimum absolute atomic E-state index is 0.00629. The third-order valence-corrected chi connectivity index (χ3v) is 5.49. The zero-order valence-corrected chi connectivity index (χ0v) is 17.1. The van der Waals surface area contributed by atoms with Crippen molar-refractivity contribution in [1.82, 2.24) is 9.27 Å². The van der Waals surface area contributed by atoms with Crippen molar-refractivity contribution in [1.29, 1.82) is 0 Å². The fourth-order valence-electron chi connectivity index (χ4n) is 3.35. The van der Waals surface area contributed by atoms with Gasteiger partial charge in [-0.05, 0) is 50.0 Å². The van der Waals surface area contributed by atoms with Crippen LogP contribution in [0.5, 0.6) is 5.75 Å². The molecule has 0 saturated carbocycles. The summed E-state index contributed by atoms with van der Waals surface area (Å²) in [4.78, 5) is 26.2. The maximum absolute atomic E-state index is 12.4. The van der Waals surface area contributed by atoms with Crippen molar-refractivity contribution in [3.8, 4) is 5.75 Å². The molecule has 1 fully saturated rings. The van der Waals surface area contributed by atoms with E-state index >= 15 is 0 Å². The Morgan fingerprint density at radius 2 is 2.25 bits per heavy atom. The fourth-order valence-corrected chi connectivity index (χ4v) is 4.03. The van der Waals surface area contributed by atoms with E-state index in [4.69, 9.17) is 4.74 Å². The summed E-state index contributed by atoms with van der Waals surface area (Å²) in [6.07, 6.45) is -0.275. The Balaban J connectivity index is 1.66. The molecule has 28 heavy (non-hydrogen) atoms. The lowest BCUT2D eigenvalue weighted by atomic mass is 9.95. The van der Waals surface area contributed by atoms with E-state index in [0.717, 1.165) is 16.8 Å². The van der Waals surface area contributed by atoms with Crippen molar-refractivity contribution in [3.63, 3.8) is 0 Å². The Hall–Kier alpha value is -2.45. The number of aliphatic hydroxyl groups excluding tert-OH is 1. The number of carbonyl (C=O) groups excluding carboxylic acids is 2. The molecule has 0 spiro atoms. The van der Waals surface area contributed by atoms with E-state index in [0.29, 0.717) is 30.3 Å². The number of aryl methyl sites for hydroxylation is 1. The van der Waals surface area contributed by atoms with Gasteiger partial charge in [0.05, 0.1) is 24.9 Å². The molecule has 1 aliphatic heterocycles. The van der Waals surface area contributed by atoms with Crippen molar-refractivity contribution in [2.75, 3.05) is 25.0 Å². The van der Waals surface area contributed by atoms with E-state index < -0.39 is 6.10 Å². The summed E-state index contributed by atoms with van der Waals surface area (Å²) in [5.41, 5.74) is 2.55. The quantitative estimate of drug-likeness (QED) is 0.742. The van der Waals surface area contributed by atoms with E-state index in [2.05, 4.69) is 9.69 Å². The number of nitrogens with one attached hydrogen (secondary N) is 1. The zero-order valence-electron chi connectivity index (χ0n) is 16.3. The molecule has 2 amide bonds. The van der Waals surface area contributed by atoms with Crippen LogP contribution in [-0.2, 0) is 9.59 Å². The molecule has 2 N–H and O–H groups in total. The van der Waals surface area contributed by atoms with E-state index in [9.17, 15) is 14.7 Å². The molecule has 7 nitrogen and oxygen atoms in total. The van der Waals surface area contributed by atoms with Gasteiger partial charge >= 0.3 is 0 Å². The van der Waals surface area contributed by atoms with Crippen LogP contribution in [0.2, 0.25) is 0 Å². The standard InChI is InChI=1S/C20H25N3O4S/c1-4-27-17-8-14(5-6-16(17)13(3)24)15-9-20(26)23(10-15)11-18(25)21-19-7-12(2)22-28-19/h5-8,13,15,24H,4,9-11H2,1-3H3,(H,21,25)/t13?,15-/m1/s1. The lowest BCUT2D eigenvalue weighted by Crippen LogP contribution is -2.34. The Morgan fingerprint density at radius 1 is 1.46 bits per heavy atom. The van der Waals surface area contributed by atoms with E-state index in [-0.39, 0.29) is 24.3 Å². The van der Waals surface area contributed by atoms with E-state index in [1.165, 1.54) is 11.5 Å². The molecule has 1 unspecified atom stereocenters. The molecule has 2 aromatic rings. The molecule has 150 valence electrons. The average Bonchev–Trinajstić information content (AvgIpc) is 3.20. The van der Waals surface area contributed by atoms with Crippen molar-refractivity contribution >= 4 is 28.3 Å². The molecule has 0 bridgehead atoms. The van der Waals surface area contributed by atoms with Crippen molar-refractivity contribution in [3.05, 3.63) is 41.1 Å². The molecule has 2 atom stereocenters. The lowest BCUT2D eigenvalue weighted by molar-refractivity contribution is -0.131. The summed E-state index contributed by atoms with van der Waals surface area (Å²) >= 11 is 1.22. The number of carbonyl (C=O) groups is 2. The van der Waals surface area contributed by atoms with Gasteiger partial charge in [0.15, 0.2) is 0 Å². The number of aromatic nitrogens is 1. The van der Waals surface area contributed by atoms with Crippen LogP contribution in [0.4, 0.5) is 5.00 Å². The van der Waals surface area contributed by atoms with E-state index in [1.54, 1.807) is 17.9 Å². The second-order valence-corrected chi connectivity index (χ2v) is 7.77. The largest absolute Gasteiger partial charge is 0.493 e. The Morgan fingerprint density at radius 3 is 2.89 bits per heavy atom. The van der Waals surface area contributed by atoms with Crippen LogP contribution in [0.3, 0.4) is 0 Å².